The van der Waals surface area contributed by atoms with Gasteiger partial charge in [-0.05, 0) is 62.3 Å². The van der Waals surface area contributed by atoms with Crippen LogP contribution in [0.1, 0.15) is 56.6 Å². The largest absolute Gasteiger partial charge is 0.385 e. The van der Waals surface area contributed by atoms with Crippen LogP contribution in [0.4, 0.5) is 5.69 Å². The standard InChI is InChI=1S/C24H38ClN3O3S/c1-18-16-27(10-11-28(18)24(29)13-20-7-4-5-8-20)17-21-14-22(25)15-23(19(21)2)26-9-6-12-32(3,30)31/h14-15,18,20,26H,4-13,16-17H2,1-3H3/t18-/m0/s1. The first-order chi connectivity index (χ1) is 15.1. The predicted octanol–water partition coefficient (Wildman–Crippen LogP) is 4.11. The minimum atomic E-state index is -2.95. The van der Waals surface area contributed by atoms with E-state index in [-0.39, 0.29) is 11.8 Å². The summed E-state index contributed by atoms with van der Waals surface area (Å²) in [6.45, 7) is 8.12. The van der Waals surface area contributed by atoms with Gasteiger partial charge in [0, 0.05) is 62.2 Å². The third-order valence-corrected chi connectivity index (χ3v) is 8.10. The Hall–Kier alpha value is -1.31. The Morgan fingerprint density at radius 3 is 2.59 bits per heavy atom. The van der Waals surface area contributed by atoms with E-state index in [1.54, 1.807) is 0 Å². The molecule has 1 aliphatic heterocycles. The molecule has 1 aromatic carbocycles. The monoisotopic (exact) mass is 483 g/mol. The molecule has 8 heteroatoms. The first-order valence-corrected chi connectivity index (χ1v) is 14.3. The lowest BCUT2D eigenvalue weighted by Crippen LogP contribution is -2.53. The van der Waals surface area contributed by atoms with E-state index in [9.17, 15) is 13.2 Å². The van der Waals surface area contributed by atoms with Gasteiger partial charge >= 0.3 is 0 Å². The summed E-state index contributed by atoms with van der Waals surface area (Å²) < 4.78 is 22.7. The Morgan fingerprint density at radius 1 is 1.22 bits per heavy atom. The zero-order chi connectivity index (χ0) is 23.3. The van der Waals surface area contributed by atoms with Crippen molar-refractivity contribution in [3.05, 3.63) is 28.3 Å². The van der Waals surface area contributed by atoms with Crippen LogP contribution in [0.3, 0.4) is 0 Å². The van der Waals surface area contributed by atoms with E-state index in [4.69, 9.17) is 11.6 Å². The maximum Gasteiger partial charge on any atom is 0.223 e. The van der Waals surface area contributed by atoms with Gasteiger partial charge in [-0.3, -0.25) is 9.69 Å². The molecule has 1 aromatic rings. The number of nitrogens with zero attached hydrogens (tertiary/aromatic N) is 2. The molecule has 0 radical (unpaired) electrons. The molecule has 0 bridgehead atoms. The van der Waals surface area contributed by atoms with Crippen LogP contribution in [0, 0.1) is 12.8 Å². The summed E-state index contributed by atoms with van der Waals surface area (Å²) >= 11 is 6.39. The van der Waals surface area contributed by atoms with E-state index in [2.05, 4.69) is 29.0 Å². The molecular formula is C24H38ClN3O3S. The van der Waals surface area contributed by atoms with Crippen LogP contribution in [-0.2, 0) is 21.2 Å². The van der Waals surface area contributed by atoms with Gasteiger partial charge in [-0.15, -0.1) is 0 Å². The summed E-state index contributed by atoms with van der Waals surface area (Å²) in [6.07, 6.45) is 7.50. The maximum atomic E-state index is 12.8. The summed E-state index contributed by atoms with van der Waals surface area (Å²) in [7, 11) is -2.95. The molecule has 1 aliphatic carbocycles. The first-order valence-electron chi connectivity index (χ1n) is 11.8. The number of nitrogens with one attached hydrogen (secondary N) is 1. The fraction of sp³-hybridized carbons (Fsp3) is 0.708. The van der Waals surface area contributed by atoms with Crippen molar-refractivity contribution < 1.29 is 13.2 Å². The molecule has 2 aliphatic rings. The van der Waals surface area contributed by atoms with E-state index >= 15 is 0 Å². The molecular weight excluding hydrogens is 446 g/mol. The van der Waals surface area contributed by atoms with E-state index in [0.29, 0.717) is 36.2 Å². The van der Waals surface area contributed by atoms with Gasteiger partial charge in [0.05, 0.1) is 5.75 Å². The average molecular weight is 484 g/mol. The Kier molecular flexibility index (Phi) is 8.87. The Balaban J connectivity index is 1.55. The predicted molar refractivity (Wildman–Crippen MR) is 132 cm³/mol. The fourth-order valence-corrected chi connectivity index (χ4v) is 5.92. The summed E-state index contributed by atoms with van der Waals surface area (Å²) in [6, 6.07) is 4.13. The van der Waals surface area contributed by atoms with Crippen molar-refractivity contribution in [2.75, 3.05) is 43.5 Å². The number of halogens is 1. The normalized spacial score (nSPS) is 20.6. The van der Waals surface area contributed by atoms with Crippen molar-refractivity contribution in [3.8, 4) is 0 Å². The number of anilines is 1. The molecule has 1 atom stereocenters. The van der Waals surface area contributed by atoms with Crippen LogP contribution >= 0.6 is 11.6 Å². The molecule has 2 fully saturated rings. The summed E-state index contributed by atoms with van der Waals surface area (Å²) in [5, 5.41) is 4.02. The third-order valence-electron chi connectivity index (χ3n) is 6.85. The molecule has 32 heavy (non-hydrogen) atoms. The lowest BCUT2D eigenvalue weighted by molar-refractivity contribution is -0.136. The zero-order valence-corrected chi connectivity index (χ0v) is 21.3. The molecule has 1 saturated heterocycles. The highest BCUT2D eigenvalue weighted by atomic mass is 35.5. The summed E-state index contributed by atoms with van der Waals surface area (Å²) in [5.41, 5.74) is 3.27. The van der Waals surface area contributed by atoms with Crippen LogP contribution in [0.15, 0.2) is 12.1 Å². The number of amides is 1. The number of hydrogen-bond acceptors (Lipinski definition) is 5. The van der Waals surface area contributed by atoms with Crippen molar-refractivity contribution in [3.63, 3.8) is 0 Å². The highest BCUT2D eigenvalue weighted by Gasteiger charge is 2.29. The van der Waals surface area contributed by atoms with Crippen LogP contribution in [0.25, 0.3) is 0 Å². The second kappa shape index (κ2) is 11.2. The minimum absolute atomic E-state index is 0.175. The number of sulfone groups is 1. The molecule has 6 nitrogen and oxygen atoms in total. The second-order valence-electron chi connectivity index (χ2n) is 9.67. The number of piperazine rings is 1. The lowest BCUT2D eigenvalue weighted by Gasteiger charge is -2.40. The SMILES string of the molecule is Cc1c(CN2CCN(C(=O)CC3CCCC3)[C@@H](C)C2)cc(Cl)cc1NCCCS(C)(=O)=O. The van der Waals surface area contributed by atoms with Gasteiger partial charge in [-0.2, -0.15) is 0 Å². The maximum absolute atomic E-state index is 12.8. The lowest BCUT2D eigenvalue weighted by atomic mass is 10.0. The van der Waals surface area contributed by atoms with Gasteiger partial charge in [-0.1, -0.05) is 24.4 Å². The number of benzene rings is 1. The van der Waals surface area contributed by atoms with Gasteiger partial charge in [0.25, 0.3) is 0 Å². The van der Waals surface area contributed by atoms with Crippen LogP contribution in [0.2, 0.25) is 5.02 Å². The van der Waals surface area contributed by atoms with Crippen molar-refractivity contribution in [1.29, 1.82) is 0 Å². The van der Waals surface area contributed by atoms with Crippen LogP contribution < -0.4 is 5.32 Å². The fourth-order valence-electron chi connectivity index (χ4n) is 5.01. The van der Waals surface area contributed by atoms with Gasteiger partial charge in [0.1, 0.15) is 9.84 Å². The Morgan fingerprint density at radius 2 is 1.94 bits per heavy atom. The number of hydrogen-bond donors (Lipinski definition) is 1. The molecule has 1 heterocycles. The van der Waals surface area contributed by atoms with E-state index in [0.717, 1.165) is 37.4 Å². The van der Waals surface area contributed by atoms with Crippen LogP contribution in [0.5, 0.6) is 0 Å². The molecule has 0 aromatic heterocycles. The van der Waals surface area contributed by atoms with E-state index < -0.39 is 9.84 Å². The minimum Gasteiger partial charge on any atom is -0.385 e. The van der Waals surface area contributed by atoms with Crippen LogP contribution in [-0.4, -0.2) is 68.4 Å². The zero-order valence-electron chi connectivity index (χ0n) is 19.7. The number of rotatable bonds is 9. The van der Waals surface area contributed by atoms with Crippen molar-refractivity contribution in [1.82, 2.24) is 9.80 Å². The third kappa shape index (κ3) is 7.35. The van der Waals surface area contributed by atoms with Crippen molar-refractivity contribution in [2.45, 2.75) is 65.0 Å². The van der Waals surface area contributed by atoms with E-state index in [1.165, 1.54) is 37.5 Å². The average Bonchev–Trinajstić information content (AvgIpc) is 3.20. The molecule has 1 N–H and O–H groups in total. The quantitative estimate of drug-likeness (QED) is 0.535. The van der Waals surface area contributed by atoms with Gasteiger partial charge in [0.15, 0.2) is 0 Å². The van der Waals surface area contributed by atoms with Gasteiger partial charge in [0.2, 0.25) is 5.91 Å². The van der Waals surface area contributed by atoms with Gasteiger partial charge in [-0.25, -0.2) is 8.42 Å². The Bertz CT molecular complexity index is 900. The van der Waals surface area contributed by atoms with Crippen molar-refractivity contribution in [2.24, 2.45) is 5.92 Å². The summed E-state index contributed by atoms with van der Waals surface area (Å²) in [4.78, 5) is 17.3. The highest BCUT2D eigenvalue weighted by molar-refractivity contribution is 7.90. The molecule has 1 amide bonds. The smallest absolute Gasteiger partial charge is 0.223 e. The topological polar surface area (TPSA) is 69.7 Å². The van der Waals surface area contributed by atoms with Gasteiger partial charge < -0.3 is 10.2 Å². The molecule has 1 saturated carbocycles. The molecule has 0 unspecified atom stereocenters. The highest BCUT2D eigenvalue weighted by Crippen LogP contribution is 2.29. The number of carbonyl (C=O) groups excluding carboxylic acids is 1. The molecule has 0 spiro atoms. The number of carbonyl (C=O) groups is 1. The second-order valence-corrected chi connectivity index (χ2v) is 12.4. The summed E-state index contributed by atoms with van der Waals surface area (Å²) in [5.74, 6) is 1.09. The van der Waals surface area contributed by atoms with Crippen molar-refractivity contribution >= 4 is 33.0 Å². The Labute approximate surface area is 198 Å². The molecule has 3 rings (SSSR count). The van der Waals surface area contributed by atoms with E-state index in [1.807, 2.05) is 12.1 Å². The molecule has 180 valence electrons. The first kappa shape index (κ1) is 25.3.